The molecule has 0 aromatic heterocycles. The highest BCUT2D eigenvalue weighted by molar-refractivity contribution is 5.60. The quantitative estimate of drug-likeness (QED) is 0.859. The Morgan fingerprint density at radius 3 is 2.75 bits per heavy atom. The van der Waals surface area contributed by atoms with Crippen LogP contribution in [0.2, 0.25) is 0 Å². The van der Waals surface area contributed by atoms with Gasteiger partial charge in [-0.15, -0.1) is 0 Å². The molecule has 2 fully saturated rings. The SMILES string of the molecule is COc1ccc(C)c2c1O[C@@H]1C(C)CC[C@]3(O)[C@H](C)N(C)CC[C@@]213. The average molecular weight is 331 g/mol. The molecule has 1 aliphatic carbocycles. The number of nitrogens with zero attached hydrogens (tertiary/aromatic N) is 1. The monoisotopic (exact) mass is 331 g/mol. The maximum absolute atomic E-state index is 12.0. The van der Waals surface area contributed by atoms with Gasteiger partial charge in [-0.1, -0.05) is 13.0 Å². The summed E-state index contributed by atoms with van der Waals surface area (Å²) in [7, 11) is 3.82. The fourth-order valence-electron chi connectivity index (χ4n) is 5.73. The predicted molar refractivity (Wildman–Crippen MR) is 93.9 cm³/mol. The van der Waals surface area contributed by atoms with Crippen LogP contribution < -0.4 is 9.47 Å². The van der Waals surface area contributed by atoms with Crippen molar-refractivity contribution in [3.8, 4) is 11.5 Å². The number of hydrogen-bond acceptors (Lipinski definition) is 4. The van der Waals surface area contributed by atoms with E-state index in [1.807, 2.05) is 6.07 Å². The van der Waals surface area contributed by atoms with E-state index in [0.717, 1.165) is 37.3 Å². The molecule has 1 saturated carbocycles. The van der Waals surface area contributed by atoms with E-state index in [0.29, 0.717) is 5.92 Å². The van der Waals surface area contributed by atoms with Crippen LogP contribution in [0.25, 0.3) is 0 Å². The van der Waals surface area contributed by atoms with Gasteiger partial charge in [-0.2, -0.15) is 0 Å². The second-order valence-electron chi connectivity index (χ2n) is 8.15. The smallest absolute Gasteiger partial charge is 0.165 e. The van der Waals surface area contributed by atoms with Gasteiger partial charge in [0.2, 0.25) is 0 Å². The van der Waals surface area contributed by atoms with E-state index in [1.165, 1.54) is 11.1 Å². The molecule has 4 nitrogen and oxygen atoms in total. The topological polar surface area (TPSA) is 41.9 Å². The Hall–Kier alpha value is -1.26. The van der Waals surface area contributed by atoms with Crippen LogP contribution in [0.1, 0.15) is 44.2 Å². The van der Waals surface area contributed by atoms with Gasteiger partial charge in [0, 0.05) is 11.6 Å². The fourth-order valence-corrected chi connectivity index (χ4v) is 5.73. The molecule has 0 amide bonds. The Kier molecular flexibility index (Phi) is 3.46. The molecule has 2 heterocycles. The van der Waals surface area contributed by atoms with Gasteiger partial charge in [-0.3, -0.25) is 0 Å². The molecule has 2 aliphatic heterocycles. The molecule has 1 aromatic carbocycles. The number of piperidine rings is 1. The molecule has 24 heavy (non-hydrogen) atoms. The summed E-state index contributed by atoms with van der Waals surface area (Å²) in [6, 6.07) is 4.21. The lowest BCUT2D eigenvalue weighted by Crippen LogP contribution is -2.72. The van der Waals surface area contributed by atoms with Gasteiger partial charge >= 0.3 is 0 Å². The summed E-state index contributed by atoms with van der Waals surface area (Å²) < 4.78 is 12.1. The molecule has 1 unspecified atom stereocenters. The third kappa shape index (κ3) is 1.71. The van der Waals surface area contributed by atoms with Crippen molar-refractivity contribution in [1.29, 1.82) is 0 Å². The van der Waals surface area contributed by atoms with Crippen LogP contribution >= 0.6 is 0 Å². The minimum atomic E-state index is -0.764. The second-order valence-corrected chi connectivity index (χ2v) is 8.15. The van der Waals surface area contributed by atoms with Crippen molar-refractivity contribution in [3.05, 3.63) is 23.3 Å². The number of hydrogen-bond donors (Lipinski definition) is 1. The summed E-state index contributed by atoms with van der Waals surface area (Å²) in [5, 5.41) is 12.0. The number of likely N-dealkylation sites (tertiary alicyclic amines) is 1. The maximum atomic E-state index is 12.0. The fraction of sp³-hybridized carbons (Fsp3) is 0.700. The molecule has 0 bridgehead atoms. The van der Waals surface area contributed by atoms with Crippen LogP contribution in [0.4, 0.5) is 0 Å². The Balaban J connectivity index is 2.00. The Labute approximate surface area is 144 Å². The normalized spacial score (nSPS) is 41.2. The van der Waals surface area contributed by atoms with E-state index in [1.54, 1.807) is 7.11 Å². The standard InChI is InChI=1S/C20H29NO3/c1-12-6-7-15(23-5)17-16(12)19-10-11-21(4)14(3)20(19,22)9-8-13(2)18(19)24-17/h6-7,13-14,18,22H,8-11H2,1-5H3/t13?,14-,18+,19+,20-/m0/s1. The van der Waals surface area contributed by atoms with E-state index in [4.69, 9.17) is 9.47 Å². The first-order chi connectivity index (χ1) is 11.4. The minimum absolute atomic E-state index is 0.0254. The first-order valence-electron chi connectivity index (χ1n) is 9.14. The van der Waals surface area contributed by atoms with Gasteiger partial charge in [0.25, 0.3) is 0 Å². The zero-order valence-corrected chi connectivity index (χ0v) is 15.4. The van der Waals surface area contributed by atoms with Gasteiger partial charge in [0.15, 0.2) is 11.5 Å². The number of ether oxygens (including phenoxy) is 2. The summed E-state index contributed by atoms with van der Waals surface area (Å²) in [6.07, 6.45) is 2.78. The first kappa shape index (κ1) is 16.2. The van der Waals surface area contributed by atoms with E-state index in [2.05, 4.69) is 38.8 Å². The number of benzene rings is 1. The minimum Gasteiger partial charge on any atom is -0.493 e. The lowest BCUT2D eigenvalue weighted by molar-refractivity contribution is -0.182. The lowest BCUT2D eigenvalue weighted by atomic mass is 9.51. The predicted octanol–water partition coefficient (Wildman–Crippen LogP) is 2.89. The molecule has 0 radical (unpaired) electrons. The number of aryl methyl sites for hydroxylation is 1. The molecular weight excluding hydrogens is 302 g/mol. The van der Waals surface area contributed by atoms with Gasteiger partial charge in [-0.05, 0) is 64.3 Å². The van der Waals surface area contributed by atoms with E-state index >= 15 is 0 Å². The first-order valence-corrected chi connectivity index (χ1v) is 9.14. The Bertz CT molecular complexity index is 675. The summed E-state index contributed by atoms with van der Waals surface area (Å²) in [5.74, 6) is 2.09. The van der Waals surface area contributed by atoms with Crippen LogP contribution in [0.15, 0.2) is 12.1 Å². The van der Waals surface area contributed by atoms with Crippen LogP contribution in [-0.2, 0) is 5.41 Å². The highest BCUT2D eigenvalue weighted by Crippen LogP contribution is 2.63. The average Bonchev–Trinajstić information content (AvgIpc) is 2.93. The van der Waals surface area contributed by atoms with Gasteiger partial charge in [0.1, 0.15) is 6.10 Å². The highest BCUT2D eigenvalue weighted by atomic mass is 16.5. The molecule has 3 aliphatic rings. The summed E-state index contributed by atoms with van der Waals surface area (Å²) in [4.78, 5) is 2.30. The van der Waals surface area contributed by atoms with E-state index in [-0.39, 0.29) is 17.6 Å². The summed E-state index contributed by atoms with van der Waals surface area (Å²) >= 11 is 0. The van der Waals surface area contributed by atoms with Gasteiger partial charge in [-0.25, -0.2) is 0 Å². The van der Waals surface area contributed by atoms with Crippen molar-refractivity contribution in [2.45, 2.75) is 63.2 Å². The molecule has 1 N–H and O–H groups in total. The zero-order valence-electron chi connectivity index (χ0n) is 15.4. The third-order valence-corrected chi connectivity index (χ3v) is 7.21. The van der Waals surface area contributed by atoms with Gasteiger partial charge < -0.3 is 19.5 Å². The van der Waals surface area contributed by atoms with Gasteiger partial charge in [0.05, 0.1) is 18.1 Å². The third-order valence-electron chi connectivity index (χ3n) is 7.21. The molecule has 1 aromatic rings. The molecule has 132 valence electrons. The Morgan fingerprint density at radius 1 is 1.29 bits per heavy atom. The van der Waals surface area contributed by atoms with Crippen molar-refractivity contribution < 1.29 is 14.6 Å². The molecule has 5 atom stereocenters. The summed E-state index contributed by atoms with van der Waals surface area (Å²) in [5.41, 5.74) is 1.31. The van der Waals surface area contributed by atoms with E-state index in [9.17, 15) is 5.11 Å². The van der Waals surface area contributed by atoms with Crippen molar-refractivity contribution >= 4 is 0 Å². The summed E-state index contributed by atoms with van der Waals surface area (Å²) in [6.45, 7) is 7.55. The van der Waals surface area contributed by atoms with Crippen LogP contribution in [-0.4, -0.2) is 48.5 Å². The highest BCUT2D eigenvalue weighted by Gasteiger charge is 2.69. The number of methoxy groups -OCH3 is 1. The van der Waals surface area contributed by atoms with Crippen molar-refractivity contribution in [3.63, 3.8) is 0 Å². The maximum Gasteiger partial charge on any atom is 0.165 e. The molecular formula is C20H29NO3. The number of rotatable bonds is 1. The Morgan fingerprint density at radius 2 is 2.04 bits per heavy atom. The molecule has 4 rings (SSSR count). The van der Waals surface area contributed by atoms with Crippen molar-refractivity contribution in [2.24, 2.45) is 5.92 Å². The number of fused-ring (bicyclic) bond motifs is 1. The largest absolute Gasteiger partial charge is 0.493 e. The number of likely N-dealkylation sites (N-methyl/N-ethyl adjacent to an activating group) is 1. The van der Waals surface area contributed by atoms with Crippen LogP contribution in [0.5, 0.6) is 11.5 Å². The zero-order chi connectivity index (χ0) is 17.3. The van der Waals surface area contributed by atoms with Crippen LogP contribution in [0, 0.1) is 12.8 Å². The molecule has 1 spiro atoms. The van der Waals surface area contributed by atoms with E-state index < -0.39 is 5.60 Å². The molecule has 4 heteroatoms. The van der Waals surface area contributed by atoms with Crippen molar-refractivity contribution in [2.75, 3.05) is 20.7 Å². The molecule has 1 saturated heterocycles. The van der Waals surface area contributed by atoms with Crippen molar-refractivity contribution in [1.82, 2.24) is 4.90 Å². The second kappa shape index (κ2) is 5.12. The van der Waals surface area contributed by atoms with Crippen LogP contribution in [0.3, 0.4) is 0 Å². The number of aliphatic hydroxyl groups is 1. The lowest BCUT2D eigenvalue weighted by Gasteiger charge is -2.60.